The number of halogens is 1. The zero-order chi connectivity index (χ0) is 24.6. The molecule has 3 aromatic carbocycles. The Kier molecular flexibility index (Phi) is 8.43. The number of aromatic nitrogens is 2. The van der Waals surface area contributed by atoms with Crippen LogP contribution in [0, 0.1) is 13.8 Å². The summed E-state index contributed by atoms with van der Waals surface area (Å²) >= 11 is 6.27. The monoisotopic (exact) mass is 489 g/mol. The predicted octanol–water partition coefficient (Wildman–Crippen LogP) is 6.07. The summed E-state index contributed by atoms with van der Waals surface area (Å²) < 4.78 is 8.24. The van der Waals surface area contributed by atoms with Crippen LogP contribution in [0.15, 0.2) is 66.7 Å². The minimum atomic E-state index is 0.0680. The second-order valence-corrected chi connectivity index (χ2v) is 9.20. The van der Waals surface area contributed by atoms with Crippen molar-refractivity contribution in [3.05, 3.63) is 94.3 Å². The lowest BCUT2D eigenvalue weighted by Gasteiger charge is -2.12. The quantitative estimate of drug-likeness (QED) is 0.260. The van der Waals surface area contributed by atoms with Crippen molar-refractivity contribution in [3.63, 3.8) is 0 Å². The number of amides is 1. The van der Waals surface area contributed by atoms with E-state index in [9.17, 15) is 4.79 Å². The Bertz CT molecular complexity index is 1260. The summed E-state index contributed by atoms with van der Waals surface area (Å²) in [5.41, 5.74) is 5.31. The van der Waals surface area contributed by atoms with Gasteiger partial charge in [-0.3, -0.25) is 4.79 Å². The van der Waals surface area contributed by atoms with Gasteiger partial charge in [-0.05, 0) is 67.6 Å². The van der Waals surface area contributed by atoms with Crippen molar-refractivity contribution < 1.29 is 9.53 Å². The molecule has 0 radical (unpaired) electrons. The van der Waals surface area contributed by atoms with Crippen molar-refractivity contribution in [1.82, 2.24) is 14.9 Å². The summed E-state index contributed by atoms with van der Waals surface area (Å²) in [5.74, 6) is 1.89. The van der Waals surface area contributed by atoms with E-state index in [-0.39, 0.29) is 5.91 Å². The van der Waals surface area contributed by atoms with Gasteiger partial charge in [0.1, 0.15) is 11.6 Å². The number of fused-ring (bicyclic) bond motifs is 1. The van der Waals surface area contributed by atoms with Crippen LogP contribution in [0.1, 0.15) is 35.4 Å². The number of para-hydroxylation sites is 2. The number of ether oxygens (including phenoxy) is 1. The molecule has 0 aliphatic heterocycles. The molecule has 0 bridgehead atoms. The normalized spacial score (nSPS) is 11.1. The van der Waals surface area contributed by atoms with Crippen LogP contribution < -0.4 is 10.1 Å². The fraction of sp³-hybridized carbons (Fsp3) is 0.310. The Morgan fingerprint density at radius 3 is 2.49 bits per heavy atom. The molecule has 35 heavy (non-hydrogen) atoms. The lowest BCUT2D eigenvalue weighted by atomic mass is 10.1. The summed E-state index contributed by atoms with van der Waals surface area (Å²) in [6.07, 6.45) is 2.76. The minimum absolute atomic E-state index is 0.0680. The summed E-state index contributed by atoms with van der Waals surface area (Å²) in [4.78, 5) is 17.1. The van der Waals surface area contributed by atoms with Gasteiger partial charge in [-0.1, -0.05) is 54.1 Å². The van der Waals surface area contributed by atoms with Crippen LogP contribution in [0.3, 0.4) is 0 Å². The van der Waals surface area contributed by atoms with Gasteiger partial charge in [0, 0.05) is 31.0 Å². The topological polar surface area (TPSA) is 56.1 Å². The van der Waals surface area contributed by atoms with Crippen LogP contribution in [0.5, 0.6) is 5.75 Å². The smallest absolute Gasteiger partial charge is 0.220 e. The van der Waals surface area contributed by atoms with Crippen LogP contribution in [0.25, 0.3) is 11.0 Å². The van der Waals surface area contributed by atoms with Crippen LogP contribution in [-0.2, 0) is 24.2 Å². The van der Waals surface area contributed by atoms with Crippen molar-refractivity contribution in [2.75, 3.05) is 13.2 Å². The summed E-state index contributed by atoms with van der Waals surface area (Å²) in [7, 11) is 0. The fourth-order valence-electron chi connectivity index (χ4n) is 4.27. The van der Waals surface area contributed by atoms with E-state index in [1.54, 1.807) is 0 Å². The van der Waals surface area contributed by atoms with Crippen molar-refractivity contribution in [2.45, 2.75) is 46.1 Å². The number of carbonyl (C=O) groups excluding carboxylic acids is 1. The number of rotatable bonds is 11. The van der Waals surface area contributed by atoms with E-state index in [0.29, 0.717) is 26.0 Å². The van der Waals surface area contributed by atoms with E-state index in [0.717, 1.165) is 58.1 Å². The standard InChI is InChI=1S/C29H32ClN3O2/c1-21-19-24(20-22(2)29(21)30)35-18-8-17-33-26-12-7-6-11-25(26)32-27(33)15-16-31-28(34)14-13-23-9-4-3-5-10-23/h3-7,9-12,19-20H,8,13-18H2,1-2H3,(H,31,34). The highest BCUT2D eigenvalue weighted by Gasteiger charge is 2.11. The first kappa shape index (κ1) is 24.8. The molecule has 0 aliphatic rings. The first-order chi connectivity index (χ1) is 17.0. The maximum absolute atomic E-state index is 12.3. The first-order valence-electron chi connectivity index (χ1n) is 12.2. The molecule has 0 fully saturated rings. The highest BCUT2D eigenvalue weighted by molar-refractivity contribution is 6.32. The van der Waals surface area contributed by atoms with Gasteiger partial charge in [-0.15, -0.1) is 0 Å². The second kappa shape index (κ2) is 11.9. The molecule has 182 valence electrons. The zero-order valence-electron chi connectivity index (χ0n) is 20.4. The van der Waals surface area contributed by atoms with Gasteiger partial charge in [0.15, 0.2) is 0 Å². The molecule has 0 saturated carbocycles. The predicted molar refractivity (Wildman–Crippen MR) is 142 cm³/mol. The Balaban J connectivity index is 1.31. The fourth-order valence-corrected chi connectivity index (χ4v) is 4.38. The Morgan fingerprint density at radius 1 is 1.00 bits per heavy atom. The molecule has 0 saturated heterocycles. The number of hydrogen-bond donors (Lipinski definition) is 1. The molecule has 1 aromatic heterocycles. The van der Waals surface area contributed by atoms with E-state index in [1.165, 1.54) is 5.56 Å². The van der Waals surface area contributed by atoms with E-state index in [1.807, 2.05) is 62.4 Å². The van der Waals surface area contributed by atoms with E-state index < -0.39 is 0 Å². The van der Waals surface area contributed by atoms with Gasteiger partial charge >= 0.3 is 0 Å². The van der Waals surface area contributed by atoms with Crippen molar-refractivity contribution in [2.24, 2.45) is 0 Å². The molecule has 0 aliphatic carbocycles. The summed E-state index contributed by atoms with van der Waals surface area (Å²) in [6, 6.07) is 22.2. The van der Waals surface area contributed by atoms with E-state index in [4.69, 9.17) is 21.3 Å². The average Bonchev–Trinajstić information content (AvgIpc) is 3.21. The molecule has 1 amide bonds. The van der Waals surface area contributed by atoms with Gasteiger partial charge in [-0.25, -0.2) is 4.98 Å². The first-order valence-corrected chi connectivity index (χ1v) is 12.5. The molecule has 4 aromatic rings. The Morgan fingerprint density at radius 2 is 1.71 bits per heavy atom. The highest BCUT2D eigenvalue weighted by atomic mass is 35.5. The molecule has 0 unspecified atom stereocenters. The van der Waals surface area contributed by atoms with Gasteiger partial charge in [0.25, 0.3) is 0 Å². The molecule has 5 nitrogen and oxygen atoms in total. The van der Waals surface area contributed by atoms with Gasteiger partial charge < -0.3 is 14.6 Å². The van der Waals surface area contributed by atoms with Crippen LogP contribution in [-0.4, -0.2) is 28.6 Å². The van der Waals surface area contributed by atoms with Crippen LogP contribution >= 0.6 is 11.6 Å². The maximum Gasteiger partial charge on any atom is 0.220 e. The molecule has 1 N–H and O–H groups in total. The Labute approximate surface area is 212 Å². The number of nitrogens with one attached hydrogen (secondary N) is 1. The molecular formula is C29H32ClN3O2. The maximum atomic E-state index is 12.3. The summed E-state index contributed by atoms with van der Waals surface area (Å²) in [6.45, 7) is 5.95. The molecule has 6 heteroatoms. The Hall–Kier alpha value is -3.31. The van der Waals surface area contributed by atoms with Gasteiger partial charge in [-0.2, -0.15) is 0 Å². The third-order valence-electron chi connectivity index (χ3n) is 6.09. The van der Waals surface area contributed by atoms with Crippen molar-refractivity contribution in [1.29, 1.82) is 0 Å². The number of imidazole rings is 1. The van der Waals surface area contributed by atoms with Crippen LogP contribution in [0.4, 0.5) is 0 Å². The largest absolute Gasteiger partial charge is 0.494 e. The minimum Gasteiger partial charge on any atom is -0.494 e. The van der Waals surface area contributed by atoms with Crippen molar-refractivity contribution in [3.8, 4) is 5.75 Å². The van der Waals surface area contributed by atoms with E-state index >= 15 is 0 Å². The highest BCUT2D eigenvalue weighted by Crippen LogP contribution is 2.26. The van der Waals surface area contributed by atoms with Crippen molar-refractivity contribution >= 4 is 28.5 Å². The molecule has 1 heterocycles. The average molecular weight is 490 g/mol. The number of hydrogen-bond acceptors (Lipinski definition) is 3. The number of aryl methyl sites for hydroxylation is 4. The third kappa shape index (κ3) is 6.64. The third-order valence-corrected chi connectivity index (χ3v) is 6.69. The molecular weight excluding hydrogens is 458 g/mol. The van der Waals surface area contributed by atoms with Gasteiger partial charge in [0.2, 0.25) is 5.91 Å². The zero-order valence-corrected chi connectivity index (χ0v) is 21.1. The number of benzene rings is 3. The lowest BCUT2D eigenvalue weighted by molar-refractivity contribution is -0.121. The lowest BCUT2D eigenvalue weighted by Crippen LogP contribution is -2.26. The molecule has 0 atom stereocenters. The number of nitrogens with zero attached hydrogens (tertiary/aromatic N) is 2. The van der Waals surface area contributed by atoms with Crippen LogP contribution in [0.2, 0.25) is 5.02 Å². The molecule has 4 rings (SSSR count). The second-order valence-electron chi connectivity index (χ2n) is 8.83. The summed E-state index contributed by atoms with van der Waals surface area (Å²) in [5, 5.41) is 3.84. The number of carbonyl (C=O) groups is 1. The SMILES string of the molecule is Cc1cc(OCCCn2c(CCNC(=O)CCc3ccccc3)nc3ccccc32)cc(C)c1Cl. The molecule has 0 spiro atoms. The van der Waals surface area contributed by atoms with Gasteiger partial charge in [0.05, 0.1) is 17.6 Å². The van der Waals surface area contributed by atoms with E-state index in [2.05, 4.69) is 28.1 Å².